The Balaban J connectivity index is 1.64. The van der Waals surface area contributed by atoms with Crippen LogP contribution in [0.1, 0.15) is 44.4 Å². The molecule has 0 spiro atoms. The summed E-state index contributed by atoms with van der Waals surface area (Å²) in [6, 6.07) is 17.9. The normalized spacial score (nSPS) is 11.8. The molecule has 0 saturated carbocycles. The van der Waals surface area contributed by atoms with E-state index in [9.17, 15) is 9.90 Å². The van der Waals surface area contributed by atoms with Crippen molar-refractivity contribution in [1.82, 2.24) is 15.0 Å². The Kier molecular flexibility index (Phi) is 5.82. The molecule has 0 saturated heterocycles. The number of phenolic OH excluding ortho intramolecular Hbond substituents is 1. The van der Waals surface area contributed by atoms with Crippen molar-refractivity contribution >= 4 is 28.6 Å². The van der Waals surface area contributed by atoms with Crippen molar-refractivity contribution in [1.29, 1.82) is 0 Å². The third kappa shape index (κ3) is 4.70. The number of ketones is 1. The second-order valence-electron chi connectivity index (χ2n) is 9.19. The molecule has 0 aliphatic rings. The van der Waals surface area contributed by atoms with Crippen molar-refractivity contribution in [2.24, 2.45) is 0 Å². The summed E-state index contributed by atoms with van der Waals surface area (Å²) in [7, 11) is 0. The predicted octanol–water partition coefficient (Wildman–Crippen LogP) is 6.01. The monoisotopic (exact) mass is 445 g/mol. The van der Waals surface area contributed by atoms with E-state index < -0.39 is 0 Å². The molecule has 1 aromatic heterocycles. The van der Waals surface area contributed by atoms with Crippen LogP contribution in [0.5, 0.6) is 5.75 Å². The molecule has 0 radical (unpaired) electrons. The zero-order chi connectivity index (χ0) is 23.0. The second kappa shape index (κ2) is 8.43. The number of aryl methyl sites for hydroxylation is 1. The summed E-state index contributed by atoms with van der Waals surface area (Å²) in [4.78, 5) is 15.0. The second-order valence-corrected chi connectivity index (χ2v) is 10.3. The lowest BCUT2D eigenvalue weighted by atomic mass is 9.85. The van der Waals surface area contributed by atoms with E-state index in [1.54, 1.807) is 18.7 Å². The molecule has 1 heterocycles. The molecule has 0 amide bonds. The summed E-state index contributed by atoms with van der Waals surface area (Å²) in [6.45, 7) is 9.85. The first-order valence-electron chi connectivity index (χ1n) is 10.6. The molecule has 3 aromatic carbocycles. The van der Waals surface area contributed by atoms with E-state index in [1.807, 2.05) is 61.5 Å². The number of carbonyl (C=O) groups excluding carboxylic acids is 1. The summed E-state index contributed by atoms with van der Waals surface area (Å²) in [5.41, 5.74) is 4.87. The molecule has 4 aromatic rings. The number of hydrogen-bond acceptors (Lipinski definition) is 5. The first kappa shape index (κ1) is 22.1. The molecule has 0 bridgehead atoms. The third-order valence-electron chi connectivity index (χ3n) is 5.22. The molecule has 5 nitrogen and oxygen atoms in total. The van der Waals surface area contributed by atoms with Crippen molar-refractivity contribution in [3.05, 3.63) is 71.3 Å². The minimum Gasteiger partial charge on any atom is -0.505 e. The molecule has 4 rings (SSSR count). The number of carbonyl (C=O) groups is 1. The Morgan fingerprint density at radius 1 is 0.969 bits per heavy atom. The lowest BCUT2D eigenvalue weighted by Gasteiger charge is -2.22. The predicted molar refractivity (Wildman–Crippen MR) is 129 cm³/mol. The highest BCUT2D eigenvalue weighted by Crippen LogP contribution is 2.36. The van der Waals surface area contributed by atoms with Gasteiger partial charge in [0, 0.05) is 21.8 Å². The lowest BCUT2D eigenvalue weighted by Crippen LogP contribution is -2.13. The molecular formula is C26H27N3O2S. The molecule has 1 N–H and O–H groups in total. The topological polar surface area (TPSA) is 68.0 Å². The Labute approximate surface area is 192 Å². The largest absolute Gasteiger partial charge is 0.505 e. The minimum absolute atomic E-state index is 0.160. The van der Waals surface area contributed by atoms with Gasteiger partial charge in [-0.3, -0.25) is 4.79 Å². The molecule has 6 heteroatoms. The summed E-state index contributed by atoms with van der Waals surface area (Å²) in [5.74, 6) is 0.372. The maximum absolute atomic E-state index is 11.3. The number of aromatic nitrogens is 3. The van der Waals surface area contributed by atoms with Gasteiger partial charge in [0.2, 0.25) is 0 Å². The average molecular weight is 446 g/mol. The van der Waals surface area contributed by atoms with Gasteiger partial charge in [-0.2, -0.15) is 0 Å². The summed E-state index contributed by atoms with van der Waals surface area (Å²) >= 11 is 1.64. The van der Waals surface area contributed by atoms with Crippen LogP contribution in [0.4, 0.5) is 0 Å². The standard InChI is InChI=1S/C26H27N3O2S/c1-16-12-21(26(3,4)5)25(31)24(13-16)29-27-22-11-10-20(15-23(22)28-29)32-19-8-6-18(7-9-19)14-17(2)30/h6-13,15,31H,14H2,1-5H3. The van der Waals surface area contributed by atoms with E-state index in [1.165, 1.54) is 4.80 Å². The number of aromatic hydroxyl groups is 1. The Morgan fingerprint density at radius 2 is 1.62 bits per heavy atom. The van der Waals surface area contributed by atoms with Gasteiger partial charge in [-0.15, -0.1) is 15.0 Å². The smallest absolute Gasteiger partial charge is 0.146 e. The Hall–Kier alpha value is -3.12. The zero-order valence-corrected chi connectivity index (χ0v) is 19.8. The van der Waals surface area contributed by atoms with E-state index in [4.69, 9.17) is 0 Å². The van der Waals surface area contributed by atoms with Crippen LogP contribution < -0.4 is 0 Å². The lowest BCUT2D eigenvalue weighted by molar-refractivity contribution is -0.116. The molecular weight excluding hydrogens is 418 g/mol. The van der Waals surface area contributed by atoms with Gasteiger partial charge in [0.15, 0.2) is 0 Å². The van der Waals surface area contributed by atoms with Crippen molar-refractivity contribution in [2.75, 3.05) is 0 Å². The number of benzene rings is 3. The average Bonchev–Trinajstić information content (AvgIpc) is 3.13. The third-order valence-corrected chi connectivity index (χ3v) is 6.22. The van der Waals surface area contributed by atoms with E-state index in [2.05, 4.69) is 31.0 Å². The number of nitrogens with zero attached hydrogens (tertiary/aromatic N) is 3. The van der Waals surface area contributed by atoms with Crippen molar-refractivity contribution in [2.45, 2.75) is 56.2 Å². The van der Waals surface area contributed by atoms with Crippen LogP contribution in [-0.4, -0.2) is 25.9 Å². The van der Waals surface area contributed by atoms with Crippen LogP contribution >= 0.6 is 11.8 Å². The quantitative estimate of drug-likeness (QED) is 0.407. The minimum atomic E-state index is -0.193. The van der Waals surface area contributed by atoms with Crippen LogP contribution in [0.15, 0.2) is 64.4 Å². The van der Waals surface area contributed by atoms with E-state index in [-0.39, 0.29) is 16.9 Å². The summed E-state index contributed by atoms with van der Waals surface area (Å²) in [6.07, 6.45) is 0.461. The molecule has 32 heavy (non-hydrogen) atoms. The van der Waals surface area contributed by atoms with Crippen molar-refractivity contribution in [3.63, 3.8) is 0 Å². The molecule has 0 fully saturated rings. The van der Waals surface area contributed by atoms with Crippen molar-refractivity contribution < 1.29 is 9.90 Å². The van der Waals surface area contributed by atoms with Crippen LogP contribution in [0, 0.1) is 6.92 Å². The molecule has 0 aliphatic heterocycles. The highest BCUT2D eigenvalue weighted by molar-refractivity contribution is 7.99. The van der Waals surface area contributed by atoms with Crippen LogP contribution in [0.3, 0.4) is 0 Å². The van der Waals surface area contributed by atoms with Gasteiger partial charge in [-0.1, -0.05) is 50.7 Å². The number of phenols is 1. The van der Waals surface area contributed by atoms with E-state index in [0.717, 1.165) is 37.5 Å². The fraction of sp³-hybridized carbons (Fsp3) is 0.269. The highest BCUT2D eigenvalue weighted by Gasteiger charge is 2.22. The van der Waals surface area contributed by atoms with E-state index in [0.29, 0.717) is 12.1 Å². The van der Waals surface area contributed by atoms with Crippen LogP contribution in [0.25, 0.3) is 16.7 Å². The zero-order valence-electron chi connectivity index (χ0n) is 19.0. The number of fused-ring (bicyclic) bond motifs is 1. The first-order valence-corrected chi connectivity index (χ1v) is 11.4. The maximum atomic E-state index is 11.3. The first-order chi connectivity index (χ1) is 15.1. The Bertz CT molecular complexity index is 1300. The molecule has 0 unspecified atom stereocenters. The molecule has 164 valence electrons. The SMILES string of the molecule is CC(=O)Cc1ccc(Sc2ccc3nn(-c4cc(C)cc(C(C)(C)C)c4O)nc3c2)cc1. The fourth-order valence-electron chi connectivity index (χ4n) is 3.65. The van der Waals surface area contributed by atoms with Gasteiger partial charge in [0.05, 0.1) is 0 Å². The number of rotatable bonds is 5. The highest BCUT2D eigenvalue weighted by atomic mass is 32.2. The van der Waals surface area contributed by atoms with Gasteiger partial charge >= 0.3 is 0 Å². The van der Waals surface area contributed by atoms with Crippen LogP contribution in [-0.2, 0) is 16.6 Å². The van der Waals surface area contributed by atoms with Crippen LogP contribution in [0.2, 0.25) is 0 Å². The van der Waals surface area contributed by atoms with Gasteiger partial charge in [0.25, 0.3) is 0 Å². The van der Waals surface area contributed by atoms with E-state index >= 15 is 0 Å². The van der Waals surface area contributed by atoms with Gasteiger partial charge < -0.3 is 5.11 Å². The summed E-state index contributed by atoms with van der Waals surface area (Å²) < 4.78 is 0. The number of hydrogen-bond donors (Lipinski definition) is 1. The summed E-state index contributed by atoms with van der Waals surface area (Å²) in [5, 5.41) is 20.2. The molecule has 0 atom stereocenters. The Morgan fingerprint density at radius 3 is 2.28 bits per heavy atom. The maximum Gasteiger partial charge on any atom is 0.146 e. The number of Topliss-reactive ketones (excluding diaryl/α,β-unsaturated/α-hetero) is 1. The van der Waals surface area contributed by atoms with Crippen molar-refractivity contribution in [3.8, 4) is 11.4 Å². The van der Waals surface area contributed by atoms with Gasteiger partial charge in [-0.25, -0.2) is 0 Å². The van der Waals surface area contributed by atoms with Gasteiger partial charge in [0.1, 0.15) is 28.3 Å². The molecule has 0 aliphatic carbocycles. The fourth-order valence-corrected chi connectivity index (χ4v) is 4.50. The van der Waals surface area contributed by atoms with Gasteiger partial charge in [-0.05, 0) is 66.8 Å².